The standard InChI is InChI=1S/C22H22N4OS/c1-26-20(16-7-3-2-4-8-16)14-25-22(26)28-15-21(27)23-12-11-17-13-24-19-10-6-5-9-18(17)19/h2-10,13-14,24H,11-12,15H2,1H3,(H,23,27). The van der Waals surface area contributed by atoms with Crippen molar-refractivity contribution in [2.45, 2.75) is 11.6 Å². The van der Waals surface area contributed by atoms with Crippen molar-refractivity contribution in [1.29, 1.82) is 0 Å². The zero-order chi connectivity index (χ0) is 19.3. The van der Waals surface area contributed by atoms with Crippen LogP contribution in [0.3, 0.4) is 0 Å². The molecule has 0 atom stereocenters. The van der Waals surface area contributed by atoms with Gasteiger partial charge in [-0.25, -0.2) is 4.98 Å². The molecule has 2 heterocycles. The summed E-state index contributed by atoms with van der Waals surface area (Å²) in [5.74, 6) is 0.376. The van der Waals surface area contributed by atoms with Crippen LogP contribution in [-0.2, 0) is 18.3 Å². The molecule has 0 saturated carbocycles. The Labute approximate surface area is 168 Å². The number of para-hydroxylation sites is 1. The Morgan fingerprint density at radius 3 is 2.79 bits per heavy atom. The zero-order valence-electron chi connectivity index (χ0n) is 15.7. The molecule has 2 N–H and O–H groups in total. The highest BCUT2D eigenvalue weighted by molar-refractivity contribution is 7.99. The van der Waals surface area contributed by atoms with Crippen LogP contribution in [0, 0.1) is 0 Å². The van der Waals surface area contributed by atoms with Gasteiger partial charge >= 0.3 is 0 Å². The van der Waals surface area contributed by atoms with Crippen LogP contribution in [0.4, 0.5) is 0 Å². The van der Waals surface area contributed by atoms with Crippen molar-refractivity contribution in [2.75, 3.05) is 12.3 Å². The van der Waals surface area contributed by atoms with Crippen molar-refractivity contribution >= 4 is 28.6 Å². The van der Waals surface area contributed by atoms with Gasteiger partial charge in [0.1, 0.15) is 0 Å². The van der Waals surface area contributed by atoms with E-state index in [2.05, 4.69) is 39.6 Å². The normalized spacial score (nSPS) is 11.0. The maximum atomic E-state index is 12.2. The van der Waals surface area contributed by atoms with Crippen molar-refractivity contribution in [1.82, 2.24) is 19.9 Å². The maximum absolute atomic E-state index is 12.2. The molecule has 0 spiro atoms. The molecule has 28 heavy (non-hydrogen) atoms. The molecule has 4 aromatic rings. The Morgan fingerprint density at radius 1 is 1.14 bits per heavy atom. The molecule has 0 aliphatic rings. The lowest BCUT2D eigenvalue weighted by Gasteiger charge is -2.07. The number of H-pyrrole nitrogens is 1. The van der Waals surface area contributed by atoms with E-state index >= 15 is 0 Å². The number of rotatable bonds is 7. The van der Waals surface area contributed by atoms with E-state index in [-0.39, 0.29) is 5.91 Å². The van der Waals surface area contributed by atoms with Gasteiger partial charge in [0, 0.05) is 30.7 Å². The molecule has 0 unspecified atom stereocenters. The first-order valence-electron chi connectivity index (χ1n) is 9.24. The Balaban J connectivity index is 1.29. The Hall–Kier alpha value is -2.99. The first-order chi connectivity index (χ1) is 13.7. The van der Waals surface area contributed by atoms with Crippen LogP contribution >= 0.6 is 11.8 Å². The van der Waals surface area contributed by atoms with Gasteiger partial charge in [-0.15, -0.1) is 0 Å². The zero-order valence-corrected chi connectivity index (χ0v) is 16.5. The second-order valence-electron chi connectivity index (χ2n) is 6.60. The van der Waals surface area contributed by atoms with E-state index in [1.807, 2.05) is 54.3 Å². The molecule has 0 aliphatic carbocycles. The number of nitrogens with zero attached hydrogens (tertiary/aromatic N) is 2. The number of nitrogens with one attached hydrogen (secondary N) is 2. The Bertz CT molecular complexity index is 1080. The van der Waals surface area contributed by atoms with E-state index in [9.17, 15) is 4.79 Å². The van der Waals surface area contributed by atoms with Gasteiger partial charge in [0.15, 0.2) is 5.16 Å². The van der Waals surface area contributed by atoms with Crippen molar-refractivity contribution in [3.8, 4) is 11.3 Å². The third kappa shape index (κ3) is 3.97. The molecule has 2 aromatic carbocycles. The molecular weight excluding hydrogens is 368 g/mol. The summed E-state index contributed by atoms with van der Waals surface area (Å²) in [5, 5.41) is 5.06. The van der Waals surface area contributed by atoms with E-state index in [1.54, 1.807) is 0 Å². The van der Waals surface area contributed by atoms with Crippen LogP contribution in [0.2, 0.25) is 0 Å². The lowest BCUT2D eigenvalue weighted by Crippen LogP contribution is -2.27. The van der Waals surface area contributed by atoms with Crippen LogP contribution in [0.15, 0.2) is 72.1 Å². The van der Waals surface area contributed by atoms with Crippen LogP contribution in [-0.4, -0.2) is 32.7 Å². The molecule has 5 nitrogen and oxygen atoms in total. The van der Waals surface area contributed by atoms with Crippen molar-refractivity contribution in [3.63, 3.8) is 0 Å². The highest BCUT2D eigenvalue weighted by Gasteiger charge is 2.11. The number of carbonyl (C=O) groups excluding carboxylic acids is 1. The molecule has 0 saturated heterocycles. The van der Waals surface area contributed by atoms with E-state index in [1.165, 1.54) is 22.7 Å². The second-order valence-corrected chi connectivity index (χ2v) is 7.54. The monoisotopic (exact) mass is 390 g/mol. The highest BCUT2D eigenvalue weighted by Crippen LogP contribution is 2.24. The third-order valence-electron chi connectivity index (χ3n) is 4.74. The predicted molar refractivity (Wildman–Crippen MR) is 114 cm³/mol. The fraction of sp³-hybridized carbons (Fsp3) is 0.182. The summed E-state index contributed by atoms with van der Waals surface area (Å²) in [6.45, 7) is 0.622. The first kappa shape index (κ1) is 18.4. The summed E-state index contributed by atoms with van der Waals surface area (Å²) in [6, 6.07) is 18.3. The molecular formula is C22H22N4OS. The summed E-state index contributed by atoms with van der Waals surface area (Å²) in [4.78, 5) is 19.9. The van der Waals surface area contributed by atoms with Gasteiger partial charge in [0.05, 0.1) is 17.6 Å². The lowest BCUT2D eigenvalue weighted by molar-refractivity contribution is -0.118. The molecule has 1 amide bonds. The second kappa shape index (κ2) is 8.35. The molecule has 0 fully saturated rings. The number of thioether (sulfide) groups is 1. The minimum atomic E-state index is 0.0223. The number of hydrogen-bond acceptors (Lipinski definition) is 3. The molecule has 0 radical (unpaired) electrons. The number of aromatic amines is 1. The third-order valence-corrected chi connectivity index (χ3v) is 5.78. The van der Waals surface area contributed by atoms with Gasteiger partial charge in [0.25, 0.3) is 0 Å². The molecule has 0 aliphatic heterocycles. The van der Waals surface area contributed by atoms with Gasteiger partial charge in [-0.05, 0) is 23.6 Å². The minimum Gasteiger partial charge on any atom is -0.361 e. The molecule has 2 aromatic heterocycles. The SMILES string of the molecule is Cn1c(-c2ccccc2)cnc1SCC(=O)NCCc1c[nH]c2ccccc12. The minimum absolute atomic E-state index is 0.0223. The topological polar surface area (TPSA) is 62.7 Å². The molecule has 142 valence electrons. The van der Waals surface area contributed by atoms with E-state index < -0.39 is 0 Å². The van der Waals surface area contributed by atoms with Crippen LogP contribution in [0.1, 0.15) is 5.56 Å². The van der Waals surface area contributed by atoms with E-state index in [4.69, 9.17) is 0 Å². The van der Waals surface area contributed by atoms with Crippen LogP contribution in [0.5, 0.6) is 0 Å². The highest BCUT2D eigenvalue weighted by atomic mass is 32.2. The number of amides is 1. The predicted octanol–water partition coefficient (Wildman–Crippen LogP) is 4.02. The van der Waals surface area contributed by atoms with Crippen LogP contribution < -0.4 is 5.32 Å². The maximum Gasteiger partial charge on any atom is 0.230 e. The number of aromatic nitrogens is 3. The smallest absolute Gasteiger partial charge is 0.230 e. The lowest BCUT2D eigenvalue weighted by atomic mass is 10.1. The quantitative estimate of drug-likeness (QED) is 0.469. The summed E-state index contributed by atoms with van der Waals surface area (Å²) in [7, 11) is 1.98. The summed E-state index contributed by atoms with van der Waals surface area (Å²) in [5.41, 5.74) is 4.51. The van der Waals surface area contributed by atoms with Crippen molar-refractivity contribution in [3.05, 3.63) is 72.6 Å². The largest absolute Gasteiger partial charge is 0.361 e. The molecule has 0 bridgehead atoms. The van der Waals surface area contributed by atoms with Crippen molar-refractivity contribution < 1.29 is 4.79 Å². The summed E-state index contributed by atoms with van der Waals surface area (Å²) >= 11 is 1.45. The van der Waals surface area contributed by atoms with E-state index in [0.29, 0.717) is 12.3 Å². The number of carbonyl (C=O) groups is 1. The fourth-order valence-corrected chi connectivity index (χ4v) is 4.04. The number of fused-ring (bicyclic) bond motifs is 1. The van der Waals surface area contributed by atoms with Gasteiger partial charge in [0.2, 0.25) is 5.91 Å². The molecule has 6 heteroatoms. The average molecular weight is 391 g/mol. The number of hydrogen-bond donors (Lipinski definition) is 2. The number of benzene rings is 2. The van der Waals surface area contributed by atoms with Gasteiger partial charge < -0.3 is 14.9 Å². The fourth-order valence-electron chi connectivity index (χ4n) is 3.26. The van der Waals surface area contributed by atoms with Gasteiger partial charge in [-0.2, -0.15) is 0 Å². The van der Waals surface area contributed by atoms with Gasteiger partial charge in [-0.3, -0.25) is 4.79 Å². The van der Waals surface area contributed by atoms with Crippen molar-refractivity contribution in [2.24, 2.45) is 7.05 Å². The summed E-state index contributed by atoms with van der Waals surface area (Å²) < 4.78 is 2.03. The van der Waals surface area contributed by atoms with Gasteiger partial charge in [-0.1, -0.05) is 60.3 Å². The summed E-state index contributed by atoms with van der Waals surface area (Å²) in [6.07, 6.45) is 4.68. The van der Waals surface area contributed by atoms with E-state index in [0.717, 1.165) is 28.4 Å². The average Bonchev–Trinajstić information content (AvgIpc) is 3.31. The molecule has 4 rings (SSSR count). The number of imidazole rings is 1. The first-order valence-corrected chi connectivity index (χ1v) is 10.2. The Morgan fingerprint density at radius 2 is 1.93 bits per heavy atom. The van der Waals surface area contributed by atoms with Crippen LogP contribution in [0.25, 0.3) is 22.2 Å². The Kier molecular flexibility index (Phi) is 5.48.